The van der Waals surface area contributed by atoms with Gasteiger partial charge in [0.25, 0.3) is 5.56 Å². The quantitative estimate of drug-likeness (QED) is 0.687. The average Bonchev–Trinajstić information content (AvgIpc) is 2.73. The highest BCUT2D eigenvalue weighted by molar-refractivity contribution is 7.89. The van der Waals surface area contributed by atoms with Crippen molar-refractivity contribution >= 4 is 10.0 Å². The van der Waals surface area contributed by atoms with Gasteiger partial charge in [0.05, 0.1) is 43.9 Å². The van der Waals surface area contributed by atoms with Gasteiger partial charge in [0.1, 0.15) is 17.4 Å². The number of nitriles is 1. The topological polar surface area (TPSA) is 110 Å². The van der Waals surface area contributed by atoms with E-state index in [0.717, 1.165) is 4.90 Å². The predicted octanol–water partition coefficient (Wildman–Crippen LogP) is -0.713. The molecule has 29 heavy (non-hydrogen) atoms. The molecule has 0 unspecified atom stereocenters. The standard InChI is InChI=1S/C19H23N5O4S/c1-14-15(2)21-24(19(25)18(14)12-20)13-22-8-10-23(11-9-22)29(26,27)17-6-4-16(28-3)5-7-17/h4-7H,8-11,13H2,1-3H3/p+1. The van der Waals surface area contributed by atoms with E-state index in [9.17, 15) is 18.5 Å². The van der Waals surface area contributed by atoms with Crippen LogP contribution in [0.3, 0.4) is 0 Å². The molecule has 0 amide bonds. The Kier molecular flexibility index (Phi) is 6.02. The molecule has 0 bridgehead atoms. The Bertz CT molecular complexity index is 1100. The molecule has 1 aliphatic heterocycles. The summed E-state index contributed by atoms with van der Waals surface area (Å²) in [4.78, 5) is 13.7. The third kappa shape index (κ3) is 4.17. The number of methoxy groups -OCH3 is 1. The van der Waals surface area contributed by atoms with Crippen LogP contribution in [0.25, 0.3) is 0 Å². The van der Waals surface area contributed by atoms with Crippen LogP contribution >= 0.6 is 0 Å². The van der Waals surface area contributed by atoms with Crippen molar-refractivity contribution in [1.29, 1.82) is 5.26 Å². The number of aromatic nitrogens is 2. The first-order valence-corrected chi connectivity index (χ1v) is 10.7. The number of sulfonamides is 1. The lowest BCUT2D eigenvalue weighted by Gasteiger charge is -2.31. The molecule has 0 radical (unpaired) electrons. The van der Waals surface area contributed by atoms with Gasteiger partial charge < -0.3 is 9.64 Å². The van der Waals surface area contributed by atoms with E-state index in [4.69, 9.17) is 4.74 Å². The average molecular weight is 418 g/mol. The normalized spacial score (nSPS) is 15.8. The summed E-state index contributed by atoms with van der Waals surface area (Å²) in [6, 6.07) is 8.28. The van der Waals surface area contributed by atoms with E-state index in [0.29, 0.717) is 49.9 Å². The number of nitrogens with one attached hydrogen (secondary N) is 1. The summed E-state index contributed by atoms with van der Waals surface area (Å²) < 4.78 is 33.5. The molecule has 1 aromatic heterocycles. The van der Waals surface area contributed by atoms with Gasteiger partial charge >= 0.3 is 0 Å². The minimum absolute atomic E-state index is 0.109. The van der Waals surface area contributed by atoms with E-state index in [2.05, 4.69) is 5.10 Å². The van der Waals surface area contributed by atoms with Gasteiger partial charge in [-0.25, -0.2) is 8.42 Å². The molecule has 1 saturated heterocycles. The number of benzene rings is 1. The first-order valence-electron chi connectivity index (χ1n) is 9.24. The second-order valence-electron chi connectivity index (χ2n) is 6.99. The lowest BCUT2D eigenvalue weighted by molar-refractivity contribution is -0.927. The van der Waals surface area contributed by atoms with Crippen LogP contribution in [-0.4, -0.2) is 55.8 Å². The van der Waals surface area contributed by atoms with Gasteiger partial charge in [0.2, 0.25) is 10.0 Å². The van der Waals surface area contributed by atoms with Crippen LogP contribution in [0.4, 0.5) is 0 Å². The molecule has 0 atom stereocenters. The lowest BCUT2D eigenvalue weighted by Crippen LogP contribution is -3.14. The van der Waals surface area contributed by atoms with Crippen molar-refractivity contribution in [3.8, 4) is 11.8 Å². The summed E-state index contributed by atoms with van der Waals surface area (Å²) in [5, 5.41) is 13.5. The molecule has 10 heteroatoms. The second kappa shape index (κ2) is 8.32. The highest BCUT2D eigenvalue weighted by atomic mass is 32.2. The van der Waals surface area contributed by atoms with E-state index in [-0.39, 0.29) is 10.5 Å². The summed E-state index contributed by atoms with van der Waals surface area (Å²) >= 11 is 0. The fraction of sp³-hybridized carbons (Fsp3) is 0.421. The highest BCUT2D eigenvalue weighted by Gasteiger charge is 2.31. The summed E-state index contributed by atoms with van der Waals surface area (Å²) in [5.41, 5.74) is 0.939. The van der Waals surface area contributed by atoms with Gasteiger partial charge in [-0.2, -0.15) is 19.3 Å². The molecular formula is C19H24N5O4S+. The molecule has 9 nitrogen and oxygen atoms in total. The van der Waals surface area contributed by atoms with Crippen molar-refractivity contribution in [3.63, 3.8) is 0 Å². The Hall–Kier alpha value is -2.74. The number of rotatable bonds is 5. The van der Waals surface area contributed by atoms with Crippen LogP contribution in [0.2, 0.25) is 0 Å². The summed E-state index contributed by atoms with van der Waals surface area (Å²) in [6.07, 6.45) is 0. The highest BCUT2D eigenvalue weighted by Crippen LogP contribution is 2.19. The van der Waals surface area contributed by atoms with E-state index in [1.165, 1.54) is 28.2 Å². The van der Waals surface area contributed by atoms with Crippen molar-refractivity contribution in [2.75, 3.05) is 33.3 Å². The number of aryl methyl sites for hydroxylation is 1. The maximum Gasteiger partial charge on any atom is 0.289 e. The summed E-state index contributed by atoms with van der Waals surface area (Å²) in [5.74, 6) is 0.598. The van der Waals surface area contributed by atoms with Gasteiger partial charge in [-0.1, -0.05) is 0 Å². The van der Waals surface area contributed by atoms with Crippen molar-refractivity contribution in [2.45, 2.75) is 25.4 Å². The van der Waals surface area contributed by atoms with Crippen LogP contribution in [0.15, 0.2) is 34.0 Å². The molecule has 0 saturated carbocycles. The maximum atomic E-state index is 12.8. The van der Waals surface area contributed by atoms with Crippen molar-refractivity contribution in [1.82, 2.24) is 14.1 Å². The smallest absolute Gasteiger partial charge is 0.289 e. The molecule has 2 heterocycles. The van der Waals surface area contributed by atoms with Gasteiger partial charge in [0, 0.05) is 0 Å². The molecule has 1 N–H and O–H groups in total. The second-order valence-corrected chi connectivity index (χ2v) is 8.93. The lowest BCUT2D eigenvalue weighted by atomic mass is 10.1. The molecule has 1 aromatic carbocycles. The summed E-state index contributed by atoms with van der Waals surface area (Å²) in [7, 11) is -2.05. The monoisotopic (exact) mass is 418 g/mol. The molecule has 2 aromatic rings. The SMILES string of the molecule is COc1ccc(S(=O)(=O)N2CC[NH+](Cn3nc(C)c(C)c(C#N)c3=O)CC2)cc1. The van der Waals surface area contributed by atoms with E-state index < -0.39 is 15.6 Å². The van der Waals surface area contributed by atoms with Crippen LogP contribution in [0.1, 0.15) is 16.8 Å². The first kappa shape index (κ1) is 21.0. The Morgan fingerprint density at radius 1 is 1.21 bits per heavy atom. The zero-order chi connectivity index (χ0) is 21.2. The van der Waals surface area contributed by atoms with Crippen molar-refractivity contribution < 1.29 is 18.1 Å². The van der Waals surface area contributed by atoms with E-state index in [1.807, 2.05) is 6.07 Å². The zero-order valence-corrected chi connectivity index (χ0v) is 17.5. The van der Waals surface area contributed by atoms with Crippen molar-refractivity contribution in [3.05, 3.63) is 51.4 Å². The fourth-order valence-electron chi connectivity index (χ4n) is 3.32. The third-order valence-corrected chi connectivity index (χ3v) is 7.16. The van der Waals surface area contributed by atoms with E-state index >= 15 is 0 Å². The van der Waals surface area contributed by atoms with Gasteiger partial charge in [0.15, 0.2) is 6.67 Å². The van der Waals surface area contributed by atoms with Crippen LogP contribution < -0.4 is 15.2 Å². The Morgan fingerprint density at radius 3 is 2.38 bits per heavy atom. The van der Waals surface area contributed by atoms with Gasteiger partial charge in [-0.05, 0) is 43.7 Å². The van der Waals surface area contributed by atoms with Crippen LogP contribution in [0.5, 0.6) is 5.75 Å². The Morgan fingerprint density at radius 2 is 1.83 bits per heavy atom. The van der Waals surface area contributed by atoms with Gasteiger partial charge in [-0.3, -0.25) is 4.79 Å². The summed E-state index contributed by atoms with van der Waals surface area (Å²) in [6.45, 7) is 5.54. The molecule has 0 aliphatic carbocycles. The molecular weight excluding hydrogens is 394 g/mol. The van der Waals surface area contributed by atoms with Crippen LogP contribution in [-0.2, 0) is 16.7 Å². The van der Waals surface area contributed by atoms with E-state index in [1.54, 1.807) is 26.0 Å². The molecule has 1 aliphatic rings. The largest absolute Gasteiger partial charge is 0.497 e. The molecule has 154 valence electrons. The molecule has 3 rings (SSSR count). The number of hydrogen-bond donors (Lipinski definition) is 1. The Labute approximate surface area is 169 Å². The first-order chi connectivity index (χ1) is 13.8. The minimum atomic E-state index is -3.58. The number of quaternary nitrogens is 1. The third-order valence-electron chi connectivity index (χ3n) is 5.25. The zero-order valence-electron chi connectivity index (χ0n) is 16.7. The molecule has 1 fully saturated rings. The Balaban J connectivity index is 1.70. The maximum absolute atomic E-state index is 12.8. The minimum Gasteiger partial charge on any atom is -0.497 e. The van der Waals surface area contributed by atoms with Crippen molar-refractivity contribution in [2.24, 2.45) is 0 Å². The predicted molar refractivity (Wildman–Crippen MR) is 105 cm³/mol. The number of hydrogen-bond acceptors (Lipinski definition) is 6. The number of piperazine rings is 1. The van der Waals surface area contributed by atoms with Gasteiger partial charge in [-0.15, -0.1) is 0 Å². The fourth-order valence-corrected chi connectivity index (χ4v) is 4.76. The van der Waals surface area contributed by atoms with Crippen LogP contribution in [0, 0.1) is 25.2 Å². The molecule has 0 spiro atoms. The number of ether oxygens (including phenoxy) is 1. The number of nitrogens with zero attached hydrogens (tertiary/aromatic N) is 4.